The predicted molar refractivity (Wildman–Crippen MR) is 134 cm³/mol. The highest BCUT2D eigenvalue weighted by Gasteiger charge is 2.17. The Morgan fingerprint density at radius 1 is 0.971 bits per heavy atom. The van der Waals surface area contributed by atoms with E-state index in [1.54, 1.807) is 30.3 Å². The van der Waals surface area contributed by atoms with Gasteiger partial charge in [-0.25, -0.2) is 9.78 Å². The molecule has 0 radical (unpaired) electrons. The second-order valence-corrected chi connectivity index (χ2v) is 8.70. The fourth-order valence-electron chi connectivity index (χ4n) is 4.17. The molecule has 0 bridgehead atoms. The summed E-state index contributed by atoms with van der Waals surface area (Å²) in [7, 11) is 3.04. The number of rotatable bonds is 9. The highest BCUT2D eigenvalue weighted by atomic mass is 16.2. The molecule has 0 fully saturated rings. The predicted octanol–water partition coefficient (Wildman–Crippen LogP) is 2.40. The number of carbonyl (C=O) groups excluding carboxylic acids is 1. The average Bonchev–Trinajstić information content (AvgIpc) is 3.31. The molecule has 4 rings (SSSR count). The number of imidazole rings is 1. The SMILES string of the molecule is CCc1ccc(CN(Cc2cccnc2)C(=O)CCCn2cnc3c2c(=O)n(C)c(=O)n3C)cc1. The Morgan fingerprint density at radius 2 is 1.69 bits per heavy atom. The number of aryl methyl sites for hydroxylation is 3. The van der Waals surface area contributed by atoms with Crippen LogP contribution in [0.5, 0.6) is 0 Å². The summed E-state index contributed by atoms with van der Waals surface area (Å²) in [4.78, 5) is 48.3. The van der Waals surface area contributed by atoms with Crippen LogP contribution >= 0.6 is 0 Å². The van der Waals surface area contributed by atoms with Crippen LogP contribution in [0, 0.1) is 0 Å². The third-order valence-electron chi connectivity index (χ3n) is 6.26. The Morgan fingerprint density at radius 3 is 2.37 bits per heavy atom. The van der Waals surface area contributed by atoms with Crippen molar-refractivity contribution in [2.75, 3.05) is 0 Å². The van der Waals surface area contributed by atoms with Gasteiger partial charge in [-0.1, -0.05) is 37.3 Å². The standard InChI is InChI=1S/C26H30N6O3/c1-4-19-9-11-20(12-10-19)16-32(17-21-7-5-13-27-15-21)22(33)8-6-14-31-18-28-24-23(31)25(34)30(3)26(35)29(24)2/h5,7,9-13,15,18H,4,6,8,14,16-17H2,1-3H3. The van der Waals surface area contributed by atoms with E-state index < -0.39 is 5.69 Å². The molecule has 0 saturated carbocycles. The van der Waals surface area contributed by atoms with Crippen molar-refractivity contribution in [2.45, 2.75) is 45.8 Å². The molecule has 0 aliphatic carbocycles. The molecule has 0 N–H and O–H groups in total. The van der Waals surface area contributed by atoms with E-state index in [2.05, 4.69) is 41.2 Å². The third kappa shape index (κ3) is 5.24. The van der Waals surface area contributed by atoms with Gasteiger partial charge in [-0.05, 0) is 35.6 Å². The lowest BCUT2D eigenvalue weighted by molar-refractivity contribution is -0.132. The smallest absolute Gasteiger partial charge is 0.332 e. The Bertz CT molecular complexity index is 1430. The summed E-state index contributed by atoms with van der Waals surface area (Å²) in [5, 5.41) is 0. The maximum Gasteiger partial charge on any atom is 0.332 e. The van der Waals surface area contributed by atoms with Gasteiger partial charge in [0.2, 0.25) is 5.91 Å². The van der Waals surface area contributed by atoms with E-state index >= 15 is 0 Å². The average molecular weight is 475 g/mol. The first-order valence-electron chi connectivity index (χ1n) is 11.7. The van der Waals surface area contributed by atoms with Crippen LogP contribution in [-0.4, -0.2) is 34.5 Å². The molecule has 1 amide bonds. The number of amides is 1. The normalized spacial score (nSPS) is 11.2. The molecule has 0 saturated heterocycles. The lowest BCUT2D eigenvalue weighted by Gasteiger charge is -2.23. The molecule has 9 heteroatoms. The molecule has 0 aliphatic heterocycles. The molecule has 0 aliphatic rings. The molecule has 9 nitrogen and oxygen atoms in total. The van der Waals surface area contributed by atoms with Crippen molar-refractivity contribution >= 4 is 17.1 Å². The van der Waals surface area contributed by atoms with Gasteiger partial charge < -0.3 is 9.47 Å². The summed E-state index contributed by atoms with van der Waals surface area (Å²) in [6, 6.07) is 12.2. The largest absolute Gasteiger partial charge is 0.334 e. The van der Waals surface area contributed by atoms with Crippen LogP contribution in [0.2, 0.25) is 0 Å². The molecule has 182 valence electrons. The molecular weight excluding hydrogens is 444 g/mol. The molecule has 0 unspecified atom stereocenters. The second-order valence-electron chi connectivity index (χ2n) is 8.70. The van der Waals surface area contributed by atoms with Gasteiger partial charge in [0.1, 0.15) is 0 Å². The molecule has 35 heavy (non-hydrogen) atoms. The van der Waals surface area contributed by atoms with Crippen molar-refractivity contribution in [1.29, 1.82) is 0 Å². The van der Waals surface area contributed by atoms with Crippen molar-refractivity contribution in [3.63, 3.8) is 0 Å². The van der Waals surface area contributed by atoms with Gasteiger partial charge in [0.15, 0.2) is 11.2 Å². The van der Waals surface area contributed by atoms with Gasteiger partial charge in [0.05, 0.1) is 6.33 Å². The van der Waals surface area contributed by atoms with E-state index in [-0.39, 0.29) is 11.5 Å². The monoisotopic (exact) mass is 474 g/mol. The van der Waals surface area contributed by atoms with Crippen molar-refractivity contribution in [3.8, 4) is 0 Å². The number of carbonyl (C=O) groups is 1. The Balaban J connectivity index is 1.48. The van der Waals surface area contributed by atoms with E-state index in [0.717, 1.165) is 22.1 Å². The minimum Gasteiger partial charge on any atom is -0.334 e. The lowest BCUT2D eigenvalue weighted by Crippen LogP contribution is -2.37. The maximum atomic E-state index is 13.3. The van der Waals surface area contributed by atoms with Crippen LogP contribution in [0.15, 0.2) is 64.7 Å². The number of aromatic nitrogens is 5. The van der Waals surface area contributed by atoms with Gasteiger partial charge in [0, 0.05) is 52.5 Å². The zero-order chi connectivity index (χ0) is 24.9. The molecule has 3 aromatic heterocycles. The van der Waals surface area contributed by atoms with Gasteiger partial charge >= 0.3 is 5.69 Å². The number of fused-ring (bicyclic) bond motifs is 1. The molecule has 4 aromatic rings. The first-order chi connectivity index (χ1) is 16.9. The summed E-state index contributed by atoms with van der Waals surface area (Å²) < 4.78 is 4.16. The van der Waals surface area contributed by atoms with Crippen LogP contribution in [0.25, 0.3) is 11.2 Å². The van der Waals surface area contributed by atoms with Gasteiger partial charge in [0.25, 0.3) is 5.56 Å². The van der Waals surface area contributed by atoms with Crippen molar-refractivity contribution in [1.82, 2.24) is 28.6 Å². The van der Waals surface area contributed by atoms with E-state index in [0.29, 0.717) is 43.6 Å². The second kappa shape index (κ2) is 10.5. The highest BCUT2D eigenvalue weighted by molar-refractivity contribution is 5.76. The highest BCUT2D eigenvalue weighted by Crippen LogP contribution is 2.14. The summed E-state index contributed by atoms with van der Waals surface area (Å²) in [6.07, 6.45) is 6.87. The van der Waals surface area contributed by atoms with E-state index in [9.17, 15) is 14.4 Å². The number of nitrogens with zero attached hydrogens (tertiary/aromatic N) is 6. The number of hydrogen-bond donors (Lipinski definition) is 0. The Kier molecular flexibility index (Phi) is 7.24. The van der Waals surface area contributed by atoms with Gasteiger partial charge in [-0.3, -0.25) is 23.7 Å². The molecular formula is C26H30N6O3. The topological polar surface area (TPSA) is 95.0 Å². The Hall–Kier alpha value is -4.01. The van der Waals surface area contributed by atoms with E-state index in [1.165, 1.54) is 17.2 Å². The summed E-state index contributed by atoms with van der Waals surface area (Å²) >= 11 is 0. The summed E-state index contributed by atoms with van der Waals surface area (Å²) in [5.74, 6) is 0.0261. The molecule has 0 spiro atoms. The number of benzene rings is 1. The molecule has 3 heterocycles. The van der Waals surface area contributed by atoms with Crippen LogP contribution in [0.3, 0.4) is 0 Å². The van der Waals surface area contributed by atoms with Crippen LogP contribution in [0.1, 0.15) is 36.5 Å². The first-order valence-corrected chi connectivity index (χ1v) is 11.7. The van der Waals surface area contributed by atoms with E-state index in [4.69, 9.17) is 0 Å². The molecule has 1 aromatic carbocycles. The minimum atomic E-state index is -0.416. The quantitative estimate of drug-likeness (QED) is 0.371. The summed E-state index contributed by atoms with van der Waals surface area (Å²) in [6.45, 7) is 3.54. The third-order valence-corrected chi connectivity index (χ3v) is 6.26. The fourth-order valence-corrected chi connectivity index (χ4v) is 4.17. The Labute approximate surface area is 203 Å². The zero-order valence-corrected chi connectivity index (χ0v) is 20.3. The maximum absolute atomic E-state index is 13.3. The van der Waals surface area contributed by atoms with Gasteiger partial charge in [-0.2, -0.15) is 0 Å². The minimum absolute atomic E-state index is 0.0261. The summed E-state index contributed by atoms with van der Waals surface area (Å²) in [5.41, 5.74) is 3.21. The van der Waals surface area contributed by atoms with Crippen molar-refractivity contribution in [2.24, 2.45) is 14.1 Å². The van der Waals surface area contributed by atoms with Gasteiger partial charge in [-0.15, -0.1) is 0 Å². The lowest BCUT2D eigenvalue weighted by atomic mass is 10.1. The van der Waals surface area contributed by atoms with Crippen LogP contribution in [-0.2, 0) is 44.9 Å². The number of hydrogen-bond acceptors (Lipinski definition) is 5. The van der Waals surface area contributed by atoms with E-state index in [1.807, 2.05) is 17.0 Å². The first kappa shape index (κ1) is 24.1. The van der Waals surface area contributed by atoms with Crippen LogP contribution < -0.4 is 11.2 Å². The fraction of sp³-hybridized carbons (Fsp3) is 0.346. The number of pyridine rings is 1. The zero-order valence-electron chi connectivity index (χ0n) is 20.3. The van der Waals surface area contributed by atoms with Crippen molar-refractivity contribution in [3.05, 3.63) is 92.6 Å². The van der Waals surface area contributed by atoms with Crippen LogP contribution in [0.4, 0.5) is 0 Å². The molecule has 0 atom stereocenters. The van der Waals surface area contributed by atoms with Crippen molar-refractivity contribution < 1.29 is 4.79 Å².